The molecule has 0 aromatic heterocycles. The van der Waals surface area contributed by atoms with Crippen LogP contribution in [0.2, 0.25) is 5.02 Å². The lowest BCUT2D eigenvalue weighted by atomic mass is 10.2. The molecule has 0 bridgehead atoms. The van der Waals surface area contributed by atoms with Gasteiger partial charge in [-0.25, -0.2) is 4.39 Å². The zero-order chi connectivity index (χ0) is 14.0. The molecule has 98 valence electrons. The van der Waals surface area contributed by atoms with Gasteiger partial charge in [-0.15, -0.1) is 0 Å². The van der Waals surface area contributed by atoms with Crippen molar-refractivity contribution >= 4 is 61.7 Å². The van der Waals surface area contributed by atoms with Crippen molar-refractivity contribution in [3.63, 3.8) is 0 Å². The minimum atomic E-state index is -0.573. The number of hydrogen-bond donors (Lipinski definition) is 1. The third-order valence-corrected chi connectivity index (χ3v) is 4.16. The summed E-state index contributed by atoms with van der Waals surface area (Å²) in [5.41, 5.74) is 0.568. The average molecular weight is 454 g/mol. The molecule has 0 aliphatic carbocycles. The Balaban J connectivity index is 2.31. The average Bonchev–Trinajstić information content (AvgIpc) is 2.32. The molecule has 0 heterocycles. The Morgan fingerprint density at radius 1 is 1.32 bits per heavy atom. The summed E-state index contributed by atoms with van der Waals surface area (Å²) in [6.45, 7) is 0. The van der Waals surface area contributed by atoms with Crippen molar-refractivity contribution in [3.8, 4) is 0 Å². The molecule has 19 heavy (non-hydrogen) atoms. The van der Waals surface area contributed by atoms with Gasteiger partial charge < -0.3 is 5.32 Å². The Labute approximate surface area is 136 Å². The van der Waals surface area contributed by atoms with Crippen LogP contribution in [-0.4, -0.2) is 5.91 Å². The van der Waals surface area contributed by atoms with Crippen LogP contribution in [0.4, 0.5) is 10.1 Å². The molecular weight excluding hydrogens is 447 g/mol. The van der Waals surface area contributed by atoms with Crippen molar-refractivity contribution in [2.75, 3.05) is 5.32 Å². The third-order valence-electron chi connectivity index (χ3n) is 2.37. The maximum atomic E-state index is 13.7. The van der Waals surface area contributed by atoms with Gasteiger partial charge in [0.25, 0.3) is 5.91 Å². The maximum Gasteiger partial charge on any atom is 0.259 e. The molecule has 1 N–H and O–H groups in total. The van der Waals surface area contributed by atoms with Gasteiger partial charge in [-0.3, -0.25) is 4.79 Å². The summed E-state index contributed by atoms with van der Waals surface area (Å²) in [7, 11) is 0. The summed E-state index contributed by atoms with van der Waals surface area (Å²) in [6.07, 6.45) is 0. The number of nitrogens with one attached hydrogen (secondary N) is 1. The predicted molar refractivity (Wildman–Crippen MR) is 86.2 cm³/mol. The molecule has 1 amide bonds. The number of carbonyl (C=O) groups is 1. The number of rotatable bonds is 2. The molecule has 0 fully saturated rings. The monoisotopic (exact) mass is 453 g/mol. The van der Waals surface area contributed by atoms with E-state index in [4.69, 9.17) is 11.6 Å². The molecule has 2 rings (SSSR count). The Morgan fingerprint density at radius 3 is 2.68 bits per heavy atom. The molecule has 0 unspecified atom stereocenters. The topological polar surface area (TPSA) is 29.1 Å². The number of hydrogen-bond acceptors (Lipinski definition) is 1. The first-order valence-corrected chi connectivity index (χ1v) is 7.44. The van der Waals surface area contributed by atoms with Gasteiger partial charge in [0.2, 0.25) is 0 Å². The Hall–Kier alpha value is -0.660. The van der Waals surface area contributed by atoms with Crippen LogP contribution in [0.15, 0.2) is 40.9 Å². The van der Waals surface area contributed by atoms with E-state index < -0.39 is 11.7 Å². The van der Waals surface area contributed by atoms with E-state index in [0.717, 1.165) is 3.57 Å². The Morgan fingerprint density at radius 2 is 2.05 bits per heavy atom. The molecule has 2 aromatic carbocycles. The first-order chi connectivity index (χ1) is 8.99. The van der Waals surface area contributed by atoms with Gasteiger partial charge in [-0.2, -0.15) is 0 Å². The second kappa shape index (κ2) is 6.19. The van der Waals surface area contributed by atoms with Crippen LogP contribution < -0.4 is 5.32 Å². The molecule has 0 aliphatic heterocycles. The van der Waals surface area contributed by atoms with E-state index >= 15 is 0 Å². The number of benzene rings is 2. The van der Waals surface area contributed by atoms with E-state index in [2.05, 4.69) is 43.8 Å². The fourth-order valence-corrected chi connectivity index (χ4v) is 3.02. The minimum Gasteiger partial charge on any atom is -0.321 e. The molecule has 0 saturated carbocycles. The van der Waals surface area contributed by atoms with Crippen molar-refractivity contribution in [1.82, 2.24) is 0 Å². The van der Waals surface area contributed by atoms with E-state index in [0.29, 0.717) is 15.2 Å². The van der Waals surface area contributed by atoms with Crippen LogP contribution in [-0.2, 0) is 0 Å². The SMILES string of the molecule is O=C(Nc1ccc(Cl)cc1I)c1c(F)cccc1Br. The van der Waals surface area contributed by atoms with Gasteiger partial charge in [0.1, 0.15) is 5.82 Å². The van der Waals surface area contributed by atoms with Crippen LogP contribution in [0, 0.1) is 9.39 Å². The minimum absolute atomic E-state index is 0.0201. The van der Waals surface area contributed by atoms with Crippen LogP contribution in [0.25, 0.3) is 0 Å². The highest BCUT2D eigenvalue weighted by Crippen LogP contribution is 2.25. The summed E-state index contributed by atoms with van der Waals surface area (Å²) >= 11 is 11.1. The van der Waals surface area contributed by atoms with E-state index in [1.807, 2.05) is 0 Å². The van der Waals surface area contributed by atoms with Crippen LogP contribution in [0.1, 0.15) is 10.4 Å². The second-order valence-corrected chi connectivity index (χ2v) is 6.13. The molecule has 6 heteroatoms. The molecule has 0 saturated heterocycles. The van der Waals surface area contributed by atoms with Gasteiger partial charge in [-0.1, -0.05) is 17.7 Å². The van der Waals surface area contributed by atoms with Crippen molar-refractivity contribution in [2.24, 2.45) is 0 Å². The standard InChI is InChI=1S/C13H7BrClFINO/c14-8-2-1-3-9(16)12(8)13(19)18-11-5-4-7(15)6-10(11)17/h1-6H,(H,18,19). The quantitative estimate of drug-likeness (QED) is 0.629. The molecule has 2 aromatic rings. The number of amides is 1. The lowest BCUT2D eigenvalue weighted by Crippen LogP contribution is -2.15. The molecule has 0 spiro atoms. The summed E-state index contributed by atoms with van der Waals surface area (Å²) < 4.78 is 14.8. The fourth-order valence-electron chi connectivity index (χ4n) is 1.49. The molecular formula is C13H7BrClFINO. The zero-order valence-electron chi connectivity index (χ0n) is 9.38. The van der Waals surface area contributed by atoms with Crippen molar-refractivity contribution in [1.29, 1.82) is 0 Å². The van der Waals surface area contributed by atoms with Gasteiger partial charge in [0, 0.05) is 13.1 Å². The van der Waals surface area contributed by atoms with Crippen LogP contribution in [0.5, 0.6) is 0 Å². The van der Waals surface area contributed by atoms with Crippen molar-refractivity contribution in [3.05, 3.63) is 60.8 Å². The normalized spacial score (nSPS) is 10.3. The highest BCUT2D eigenvalue weighted by molar-refractivity contribution is 14.1. The smallest absolute Gasteiger partial charge is 0.259 e. The summed E-state index contributed by atoms with van der Waals surface area (Å²) in [5, 5.41) is 3.24. The van der Waals surface area contributed by atoms with Crippen LogP contribution >= 0.6 is 50.1 Å². The van der Waals surface area contributed by atoms with Gasteiger partial charge in [0.15, 0.2) is 0 Å². The first kappa shape index (κ1) is 14.7. The highest BCUT2D eigenvalue weighted by Gasteiger charge is 2.16. The largest absolute Gasteiger partial charge is 0.321 e. The summed E-state index contributed by atoms with van der Waals surface area (Å²) in [5.74, 6) is -1.08. The van der Waals surface area contributed by atoms with Gasteiger partial charge in [-0.05, 0) is 68.9 Å². The van der Waals surface area contributed by atoms with Crippen LogP contribution in [0.3, 0.4) is 0 Å². The molecule has 0 atom stereocenters. The third kappa shape index (κ3) is 3.46. The Bertz CT molecular complexity index is 630. The highest BCUT2D eigenvalue weighted by atomic mass is 127. The lowest BCUT2D eigenvalue weighted by molar-refractivity contribution is 0.102. The van der Waals surface area contributed by atoms with E-state index in [1.165, 1.54) is 12.1 Å². The summed E-state index contributed by atoms with van der Waals surface area (Å²) in [4.78, 5) is 12.1. The number of carbonyl (C=O) groups excluding carboxylic acids is 1. The zero-order valence-corrected chi connectivity index (χ0v) is 13.9. The number of halogens is 4. The van der Waals surface area contributed by atoms with E-state index in [9.17, 15) is 9.18 Å². The van der Waals surface area contributed by atoms with E-state index in [1.54, 1.807) is 24.3 Å². The first-order valence-electron chi connectivity index (χ1n) is 5.19. The lowest BCUT2D eigenvalue weighted by Gasteiger charge is -2.09. The van der Waals surface area contributed by atoms with E-state index in [-0.39, 0.29) is 5.56 Å². The summed E-state index contributed by atoms with van der Waals surface area (Å²) in [6, 6.07) is 9.44. The van der Waals surface area contributed by atoms with Gasteiger partial charge in [0.05, 0.1) is 11.3 Å². The fraction of sp³-hybridized carbons (Fsp3) is 0. The second-order valence-electron chi connectivity index (χ2n) is 3.67. The molecule has 2 nitrogen and oxygen atoms in total. The van der Waals surface area contributed by atoms with Gasteiger partial charge >= 0.3 is 0 Å². The molecule has 0 radical (unpaired) electrons. The van der Waals surface area contributed by atoms with Crippen molar-refractivity contribution in [2.45, 2.75) is 0 Å². The maximum absolute atomic E-state index is 13.7. The molecule has 0 aliphatic rings. The van der Waals surface area contributed by atoms with Crippen molar-refractivity contribution < 1.29 is 9.18 Å². The number of anilines is 1. The predicted octanol–water partition coefficient (Wildman–Crippen LogP) is 5.10. The Kier molecular flexibility index (Phi) is 4.81.